The Balaban J connectivity index is 3.29. The average Bonchev–Trinajstić information content (AvgIpc) is 2.38. The van der Waals surface area contributed by atoms with E-state index in [9.17, 15) is 39.9 Å². The van der Waals surface area contributed by atoms with Crippen molar-refractivity contribution in [3.63, 3.8) is 0 Å². The summed E-state index contributed by atoms with van der Waals surface area (Å²) in [6, 6.07) is 1.22. The number of benzene rings is 1. The number of rotatable bonds is 5. The highest BCUT2D eigenvalue weighted by Gasteiger charge is 2.75. The molecular formula is C11H6F8O2. The lowest BCUT2D eigenvalue weighted by Gasteiger charge is -2.32. The third kappa shape index (κ3) is 2.66. The maximum atomic E-state index is 13.4. The number of carboxylic acids is 1. The van der Waals surface area contributed by atoms with Crippen LogP contribution in [0.1, 0.15) is 15.9 Å². The maximum Gasteiger partial charge on any atom is 0.382 e. The van der Waals surface area contributed by atoms with Gasteiger partial charge in [-0.15, -0.1) is 0 Å². The van der Waals surface area contributed by atoms with Gasteiger partial charge in [0.05, 0.1) is 5.56 Å². The maximum absolute atomic E-state index is 13.4. The molecule has 2 nitrogen and oxygen atoms in total. The predicted octanol–water partition coefficient (Wildman–Crippen LogP) is 4.01. The van der Waals surface area contributed by atoms with Gasteiger partial charge < -0.3 is 5.11 Å². The lowest BCUT2D eigenvalue weighted by Crippen LogP contribution is -2.56. The van der Waals surface area contributed by atoms with Crippen LogP contribution in [0, 0.1) is 0 Å². The summed E-state index contributed by atoms with van der Waals surface area (Å²) < 4.78 is 102. The summed E-state index contributed by atoms with van der Waals surface area (Å²) in [4.78, 5) is 10.5. The van der Waals surface area contributed by atoms with Crippen LogP contribution in [0.4, 0.5) is 35.1 Å². The summed E-state index contributed by atoms with van der Waals surface area (Å²) in [6.07, 6.45) is -5.00. The van der Waals surface area contributed by atoms with Gasteiger partial charge in [0.25, 0.3) is 0 Å². The van der Waals surface area contributed by atoms with Gasteiger partial charge in [-0.3, -0.25) is 0 Å². The van der Waals surface area contributed by atoms with Gasteiger partial charge in [-0.25, -0.2) is 13.6 Å². The average molecular weight is 322 g/mol. The van der Waals surface area contributed by atoms with Crippen molar-refractivity contribution >= 4 is 5.97 Å². The van der Waals surface area contributed by atoms with E-state index in [0.717, 1.165) is 0 Å². The molecule has 0 aliphatic rings. The van der Waals surface area contributed by atoms with Crippen molar-refractivity contribution in [1.29, 1.82) is 0 Å². The molecule has 1 rings (SSSR count). The molecule has 0 saturated heterocycles. The largest absolute Gasteiger partial charge is 0.478 e. The minimum atomic E-state index is -6.36. The Labute approximate surface area is 112 Å². The van der Waals surface area contributed by atoms with Crippen LogP contribution in [-0.4, -0.2) is 29.3 Å². The third-order valence-corrected chi connectivity index (χ3v) is 2.58. The molecule has 0 saturated carbocycles. The second-order valence-electron chi connectivity index (χ2n) is 3.95. The van der Waals surface area contributed by atoms with Crippen molar-refractivity contribution < 1.29 is 45.0 Å². The molecule has 1 N–H and O–H groups in total. The van der Waals surface area contributed by atoms with E-state index >= 15 is 0 Å². The van der Waals surface area contributed by atoms with Gasteiger partial charge in [0, 0.05) is 5.56 Å². The van der Waals surface area contributed by atoms with Crippen LogP contribution in [0.3, 0.4) is 0 Å². The normalized spacial score (nSPS) is 13.6. The van der Waals surface area contributed by atoms with Gasteiger partial charge in [-0.1, -0.05) is 12.1 Å². The van der Waals surface area contributed by atoms with Crippen molar-refractivity contribution in [1.82, 2.24) is 0 Å². The lowest BCUT2D eigenvalue weighted by molar-refractivity contribution is -0.343. The van der Waals surface area contributed by atoms with Crippen molar-refractivity contribution in [3.05, 3.63) is 35.4 Å². The van der Waals surface area contributed by atoms with Crippen LogP contribution < -0.4 is 0 Å². The van der Waals surface area contributed by atoms with Crippen LogP contribution in [-0.2, 0) is 5.92 Å². The zero-order chi connectivity index (χ0) is 16.6. The Morgan fingerprint density at radius 2 is 1.38 bits per heavy atom. The van der Waals surface area contributed by atoms with Crippen LogP contribution in [0.15, 0.2) is 24.3 Å². The number of carbonyl (C=O) groups is 1. The molecule has 0 aliphatic carbocycles. The van der Waals surface area contributed by atoms with Crippen LogP contribution in [0.5, 0.6) is 0 Å². The van der Waals surface area contributed by atoms with E-state index in [1.54, 1.807) is 0 Å². The molecule has 10 heteroatoms. The van der Waals surface area contributed by atoms with Crippen molar-refractivity contribution in [2.45, 2.75) is 24.2 Å². The van der Waals surface area contributed by atoms with Gasteiger partial charge in [-0.2, -0.15) is 26.3 Å². The molecule has 0 amide bonds. The zero-order valence-corrected chi connectivity index (χ0v) is 9.77. The summed E-state index contributed by atoms with van der Waals surface area (Å²) >= 11 is 0. The molecule has 0 atom stereocenters. The van der Waals surface area contributed by atoms with E-state index in [1.165, 1.54) is 0 Å². The quantitative estimate of drug-likeness (QED) is 0.832. The van der Waals surface area contributed by atoms with E-state index in [1.807, 2.05) is 0 Å². The topological polar surface area (TPSA) is 37.3 Å². The Bertz CT molecular complexity index is 524. The van der Waals surface area contributed by atoms with Crippen molar-refractivity contribution in [3.8, 4) is 0 Å². The number of aromatic carboxylic acids is 1. The van der Waals surface area contributed by atoms with E-state index < -0.39 is 41.3 Å². The number of halogens is 8. The molecule has 21 heavy (non-hydrogen) atoms. The molecule has 1 aromatic rings. The number of alkyl halides is 8. The van der Waals surface area contributed by atoms with E-state index in [0.29, 0.717) is 12.1 Å². The fraction of sp³-hybridized carbons (Fsp3) is 0.364. The zero-order valence-electron chi connectivity index (χ0n) is 9.77. The molecule has 118 valence electrons. The number of hydrogen-bond acceptors (Lipinski definition) is 1. The van der Waals surface area contributed by atoms with Crippen molar-refractivity contribution in [2.24, 2.45) is 0 Å². The summed E-state index contributed by atoms with van der Waals surface area (Å²) in [5.74, 6) is -19.8. The molecule has 1 aromatic carbocycles. The highest BCUT2D eigenvalue weighted by molar-refractivity contribution is 5.87. The molecular weight excluding hydrogens is 316 g/mol. The molecule has 0 unspecified atom stereocenters. The Kier molecular flexibility index (Phi) is 4.22. The molecule has 0 aliphatic heterocycles. The highest BCUT2D eigenvalue weighted by atomic mass is 19.4. The molecule has 0 radical (unpaired) electrons. The highest BCUT2D eigenvalue weighted by Crippen LogP contribution is 2.53. The minimum absolute atomic E-state index is 0.152. The first-order valence-electron chi connectivity index (χ1n) is 5.11. The summed E-state index contributed by atoms with van der Waals surface area (Å²) in [6.45, 7) is 0. The standard InChI is InChI=1S/C11H6F8O2/c12-8(13)10(16,17)11(18,19)9(14,15)6-3-1-5(2-4-6)7(20)21/h1-4,8H,(H,20,21). The Morgan fingerprint density at radius 3 is 1.71 bits per heavy atom. The van der Waals surface area contributed by atoms with Crippen LogP contribution in [0.2, 0.25) is 0 Å². The van der Waals surface area contributed by atoms with E-state index in [4.69, 9.17) is 5.11 Å². The monoisotopic (exact) mass is 322 g/mol. The summed E-state index contributed by atoms with van der Waals surface area (Å²) in [5.41, 5.74) is -2.28. The SMILES string of the molecule is O=C(O)c1ccc(C(F)(F)C(F)(F)C(F)(F)C(F)F)cc1. The first-order chi connectivity index (χ1) is 9.35. The van der Waals surface area contributed by atoms with Gasteiger partial charge >= 0.3 is 30.2 Å². The molecule has 0 bridgehead atoms. The fourth-order valence-electron chi connectivity index (χ4n) is 1.35. The van der Waals surface area contributed by atoms with Gasteiger partial charge in [-0.05, 0) is 12.1 Å². The summed E-state index contributed by atoms with van der Waals surface area (Å²) in [7, 11) is 0. The third-order valence-electron chi connectivity index (χ3n) is 2.58. The number of carboxylic acid groups (broad SMARTS) is 1. The van der Waals surface area contributed by atoms with Gasteiger partial charge in [0.2, 0.25) is 0 Å². The van der Waals surface area contributed by atoms with E-state index in [2.05, 4.69) is 0 Å². The second-order valence-corrected chi connectivity index (χ2v) is 3.95. The van der Waals surface area contributed by atoms with E-state index in [-0.39, 0.29) is 12.1 Å². The van der Waals surface area contributed by atoms with Gasteiger partial charge in [0.1, 0.15) is 0 Å². The Morgan fingerprint density at radius 1 is 0.952 bits per heavy atom. The first-order valence-corrected chi connectivity index (χ1v) is 5.11. The smallest absolute Gasteiger partial charge is 0.382 e. The van der Waals surface area contributed by atoms with Gasteiger partial charge in [0.15, 0.2) is 0 Å². The summed E-state index contributed by atoms with van der Waals surface area (Å²) in [5, 5.41) is 8.49. The second kappa shape index (κ2) is 5.15. The predicted molar refractivity (Wildman–Crippen MR) is 53.2 cm³/mol. The lowest BCUT2D eigenvalue weighted by atomic mass is 9.96. The number of hydrogen-bond donors (Lipinski definition) is 1. The van der Waals surface area contributed by atoms with Crippen LogP contribution >= 0.6 is 0 Å². The van der Waals surface area contributed by atoms with Crippen LogP contribution in [0.25, 0.3) is 0 Å². The Hall–Kier alpha value is -1.87. The molecule has 0 heterocycles. The molecule has 0 fully saturated rings. The minimum Gasteiger partial charge on any atom is -0.478 e. The molecule has 0 aromatic heterocycles. The van der Waals surface area contributed by atoms with Crippen molar-refractivity contribution in [2.75, 3.05) is 0 Å². The first kappa shape index (κ1) is 17.2. The fourth-order valence-corrected chi connectivity index (χ4v) is 1.35. The molecule has 0 spiro atoms.